The van der Waals surface area contributed by atoms with Gasteiger partial charge in [-0.05, 0) is 19.9 Å². The molecule has 0 radical (unpaired) electrons. The van der Waals surface area contributed by atoms with Crippen LogP contribution in [0.15, 0.2) is 18.2 Å². The fourth-order valence-corrected chi connectivity index (χ4v) is 1.88. The summed E-state index contributed by atoms with van der Waals surface area (Å²) >= 11 is 0. The summed E-state index contributed by atoms with van der Waals surface area (Å²) in [5.74, 6) is 1.55. The number of aryl methyl sites for hydroxylation is 1. The predicted octanol–water partition coefficient (Wildman–Crippen LogP) is 1.84. The predicted molar refractivity (Wildman–Crippen MR) is 68.2 cm³/mol. The van der Waals surface area contributed by atoms with Crippen LogP contribution in [0.25, 0.3) is 10.9 Å². The monoisotopic (exact) mass is 231 g/mol. The first-order valence-corrected chi connectivity index (χ1v) is 5.67. The lowest BCUT2D eigenvalue weighted by molar-refractivity contribution is 0.418. The summed E-state index contributed by atoms with van der Waals surface area (Å²) in [4.78, 5) is 9.00. The Bertz CT molecular complexity index is 537. The molecule has 1 unspecified atom stereocenters. The summed E-state index contributed by atoms with van der Waals surface area (Å²) < 4.78 is 5.32. The van der Waals surface area contributed by atoms with E-state index >= 15 is 0 Å². The lowest BCUT2D eigenvalue weighted by atomic mass is 10.1. The number of rotatable bonds is 3. The topological polar surface area (TPSA) is 61.0 Å². The van der Waals surface area contributed by atoms with Gasteiger partial charge in [0.05, 0.1) is 7.11 Å². The normalized spacial score (nSPS) is 12.7. The first-order valence-electron chi connectivity index (χ1n) is 5.67. The number of hydrogen-bond donors (Lipinski definition) is 1. The summed E-state index contributed by atoms with van der Waals surface area (Å²) in [6, 6.07) is 5.91. The fourth-order valence-electron chi connectivity index (χ4n) is 1.88. The van der Waals surface area contributed by atoms with Crippen LogP contribution >= 0.6 is 0 Å². The molecule has 0 bridgehead atoms. The van der Waals surface area contributed by atoms with Gasteiger partial charge < -0.3 is 10.5 Å². The van der Waals surface area contributed by atoms with E-state index in [2.05, 4.69) is 9.97 Å². The Labute approximate surface area is 101 Å². The van der Waals surface area contributed by atoms with Crippen molar-refractivity contribution in [2.45, 2.75) is 26.3 Å². The molecule has 90 valence electrons. The number of methoxy groups -OCH3 is 1. The molecule has 0 fully saturated rings. The van der Waals surface area contributed by atoms with Crippen molar-refractivity contribution in [1.82, 2.24) is 9.97 Å². The second-order valence-corrected chi connectivity index (χ2v) is 4.26. The Morgan fingerprint density at radius 3 is 2.76 bits per heavy atom. The maximum atomic E-state index is 5.78. The fraction of sp³-hybridized carbons (Fsp3) is 0.385. The van der Waals surface area contributed by atoms with Crippen LogP contribution < -0.4 is 10.5 Å². The van der Waals surface area contributed by atoms with Gasteiger partial charge in [-0.2, -0.15) is 0 Å². The first-order chi connectivity index (χ1) is 8.11. The molecule has 0 saturated carbocycles. The average molecular weight is 231 g/mol. The van der Waals surface area contributed by atoms with Crippen molar-refractivity contribution < 1.29 is 4.74 Å². The second-order valence-electron chi connectivity index (χ2n) is 4.26. The van der Waals surface area contributed by atoms with Crippen LogP contribution in [0.2, 0.25) is 0 Å². The van der Waals surface area contributed by atoms with Crippen molar-refractivity contribution in [2.24, 2.45) is 5.73 Å². The van der Waals surface area contributed by atoms with E-state index in [4.69, 9.17) is 10.5 Å². The highest BCUT2D eigenvalue weighted by Crippen LogP contribution is 2.25. The Hall–Kier alpha value is -1.68. The van der Waals surface area contributed by atoms with Gasteiger partial charge >= 0.3 is 0 Å². The second kappa shape index (κ2) is 4.67. The minimum atomic E-state index is 0.0570. The molecular formula is C13H17N3O. The molecule has 0 spiro atoms. The van der Waals surface area contributed by atoms with Crippen molar-refractivity contribution in [3.8, 4) is 5.75 Å². The van der Waals surface area contributed by atoms with Crippen molar-refractivity contribution in [2.75, 3.05) is 7.11 Å². The van der Waals surface area contributed by atoms with E-state index in [1.165, 1.54) is 0 Å². The van der Waals surface area contributed by atoms with E-state index in [0.717, 1.165) is 28.2 Å². The highest BCUT2D eigenvalue weighted by atomic mass is 16.5. The molecule has 0 aliphatic rings. The third-order valence-corrected chi connectivity index (χ3v) is 2.65. The summed E-state index contributed by atoms with van der Waals surface area (Å²) in [6.07, 6.45) is 0.675. The zero-order valence-corrected chi connectivity index (χ0v) is 10.4. The molecule has 4 nitrogen and oxygen atoms in total. The van der Waals surface area contributed by atoms with E-state index < -0.39 is 0 Å². The average Bonchev–Trinajstić information content (AvgIpc) is 2.27. The minimum Gasteiger partial charge on any atom is -0.494 e. The smallest absolute Gasteiger partial charge is 0.145 e. The Morgan fingerprint density at radius 2 is 2.12 bits per heavy atom. The molecule has 1 atom stereocenters. The number of hydrogen-bond acceptors (Lipinski definition) is 4. The summed E-state index contributed by atoms with van der Waals surface area (Å²) in [6.45, 7) is 3.93. The lowest BCUT2D eigenvalue weighted by Gasteiger charge is -2.10. The zero-order chi connectivity index (χ0) is 12.4. The number of para-hydroxylation sites is 1. The molecule has 0 saturated heterocycles. The molecule has 4 heteroatoms. The van der Waals surface area contributed by atoms with E-state index in [1.54, 1.807) is 7.11 Å². The van der Waals surface area contributed by atoms with Crippen LogP contribution in [0.5, 0.6) is 5.75 Å². The number of nitrogens with zero attached hydrogens (tertiary/aromatic N) is 2. The molecule has 0 aliphatic carbocycles. The molecule has 1 heterocycles. The molecule has 0 aliphatic heterocycles. The summed E-state index contributed by atoms with van der Waals surface area (Å²) in [5, 5.41) is 1.03. The molecular weight excluding hydrogens is 214 g/mol. The molecule has 2 rings (SSSR count). The van der Waals surface area contributed by atoms with E-state index in [0.29, 0.717) is 6.42 Å². The SMILES string of the molecule is COc1cccc2c(C)nc(CC(C)N)nc12. The molecule has 2 N–H and O–H groups in total. The Balaban J connectivity index is 2.61. The summed E-state index contributed by atoms with van der Waals surface area (Å²) in [5.41, 5.74) is 7.60. The first kappa shape index (κ1) is 11.8. The highest BCUT2D eigenvalue weighted by Gasteiger charge is 2.09. The van der Waals surface area contributed by atoms with Crippen molar-refractivity contribution in [3.63, 3.8) is 0 Å². The van der Waals surface area contributed by atoms with Crippen molar-refractivity contribution >= 4 is 10.9 Å². The van der Waals surface area contributed by atoms with Crippen LogP contribution in [0.1, 0.15) is 18.4 Å². The van der Waals surface area contributed by atoms with Gasteiger partial charge in [-0.15, -0.1) is 0 Å². The highest BCUT2D eigenvalue weighted by molar-refractivity contribution is 5.86. The van der Waals surface area contributed by atoms with Crippen LogP contribution in [-0.4, -0.2) is 23.1 Å². The van der Waals surface area contributed by atoms with E-state index in [-0.39, 0.29) is 6.04 Å². The lowest BCUT2D eigenvalue weighted by Crippen LogP contribution is -2.19. The van der Waals surface area contributed by atoms with Gasteiger partial charge in [0.15, 0.2) is 0 Å². The van der Waals surface area contributed by atoms with E-state index in [9.17, 15) is 0 Å². The van der Waals surface area contributed by atoms with Gasteiger partial charge in [-0.1, -0.05) is 12.1 Å². The Morgan fingerprint density at radius 1 is 1.35 bits per heavy atom. The van der Waals surface area contributed by atoms with Gasteiger partial charge in [0.2, 0.25) is 0 Å². The quantitative estimate of drug-likeness (QED) is 0.875. The molecule has 1 aromatic heterocycles. The third-order valence-electron chi connectivity index (χ3n) is 2.65. The summed E-state index contributed by atoms with van der Waals surface area (Å²) in [7, 11) is 1.65. The maximum absolute atomic E-state index is 5.78. The standard InChI is InChI=1S/C13H17N3O/c1-8(14)7-12-15-9(2)10-5-4-6-11(17-3)13(10)16-12/h4-6,8H,7,14H2,1-3H3. The van der Waals surface area contributed by atoms with Gasteiger partial charge in [0.25, 0.3) is 0 Å². The molecule has 2 aromatic rings. The van der Waals surface area contributed by atoms with Crippen LogP contribution in [0.3, 0.4) is 0 Å². The van der Waals surface area contributed by atoms with Crippen LogP contribution in [-0.2, 0) is 6.42 Å². The number of fused-ring (bicyclic) bond motifs is 1. The number of aromatic nitrogens is 2. The number of ether oxygens (including phenoxy) is 1. The number of benzene rings is 1. The number of nitrogens with two attached hydrogens (primary N) is 1. The van der Waals surface area contributed by atoms with Gasteiger partial charge in [0.1, 0.15) is 17.1 Å². The Kier molecular flexibility index (Phi) is 3.24. The van der Waals surface area contributed by atoms with Crippen LogP contribution in [0.4, 0.5) is 0 Å². The third kappa shape index (κ3) is 2.36. The van der Waals surface area contributed by atoms with Crippen molar-refractivity contribution in [1.29, 1.82) is 0 Å². The van der Waals surface area contributed by atoms with E-state index in [1.807, 2.05) is 32.0 Å². The molecule has 0 amide bonds. The van der Waals surface area contributed by atoms with Gasteiger partial charge in [-0.3, -0.25) is 0 Å². The largest absolute Gasteiger partial charge is 0.494 e. The maximum Gasteiger partial charge on any atom is 0.145 e. The molecule has 17 heavy (non-hydrogen) atoms. The van der Waals surface area contributed by atoms with Crippen LogP contribution in [0, 0.1) is 6.92 Å². The minimum absolute atomic E-state index is 0.0570. The van der Waals surface area contributed by atoms with Gasteiger partial charge in [0, 0.05) is 23.5 Å². The zero-order valence-electron chi connectivity index (χ0n) is 10.4. The van der Waals surface area contributed by atoms with Crippen molar-refractivity contribution in [3.05, 3.63) is 29.7 Å². The molecule has 1 aromatic carbocycles. The van der Waals surface area contributed by atoms with Gasteiger partial charge in [-0.25, -0.2) is 9.97 Å².